The van der Waals surface area contributed by atoms with Crippen molar-refractivity contribution in [2.75, 3.05) is 13.2 Å². The molecule has 0 unspecified atom stereocenters. The van der Waals surface area contributed by atoms with Crippen LogP contribution in [0.5, 0.6) is 0 Å². The minimum atomic E-state index is -3.96. The van der Waals surface area contributed by atoms with Gasteiger partial charge in [0.15, 0.2) is 4.90 Å². The molecule has 0 aromatic heterocycles. The number of nitro groups is 1. The van der Waals surface area contributed by atoms with Crippen LogP contribution in [0.2, 0.25) is 0 Å². The van der Waals surface area contributed by atoms with E-state index in [1.807, 2.05) is 0 Å². The highest BCUT2D eigenvalue weighted by Gasteiger charge is 2.27. The zero-order valence-electron chi connectivity index (χ0n) is 11.4. The van der Waals surface area contributed by atoms with Crippen LogP contribution < -0.4 is 4.72 Å². The molecule has 0 amide bonds. The number of aliphatic hydroxyl groups is 1. The molecule has 1 rings (SSSR count). The Balaban J connectivity index is 2.98. The van der Waals surface area contributed by atoms with E-state index in [1.54, 1.807) is 13.8 Å². The SMILES string of the molecule is CC(C)(CCO)CNS(=O)(=O)c1ccccc1[N+](=O)[O-]. The Morgan fingerprint density at radius 1 is 1.35 bits per heavy atom. The van der Waals surface area contributed by atoms with E-state index in [1.165, 1.54) is 18.2 Å². The molecule has 0 saturated heterocycles. The molecule has 0 aliphatic rings. The van der Waals surface area contributed by atoms with Crippen molar-refractivity contribution in [1.29, 1.82) is 0 Å². The number of nitrogens with zero attached hydrogens (tertiary/aromatic N) is 1. The number of nitro benzene ring substituents is 1. The number of nitrogens with one attached hydrogen (secondary N) is 1. The second kappa shape index (κ2) is 6.29. The monoisotopic (exact) mass is 302 g/mol. The molecule has 20 heavy (non-hydrogen) atoms. The van der Waals surface area contributed by atoms with Gasteiger partial charge in [-0.05, 0) is 17.9 Å². The summed E-state index contributed by atoms with van der Waals surface area (Å²) in [7, 11) is -3.96. The minimum Gasteiger partial charge on any atom is -0.396 e. The Bertz CT molecular complexity index is 583. The number of hydrogen-bond donors (Lipinski definition) is 2. The lowest BCUT2D eigenvalue weighted by Gasteiger charge is -2.23. The number of rotatable bonds is 7. The lowest BCUT2D eigenvalue weighted by molar-refractivity contribution is -0.387. The second-order valence-electron chi connectivity index (χ2n) is 5.19. The largest absolute Gasteiger partial charge is 0.396 e. The third-order valence-electron chi connectivity index (χ3n) is 2.88. The molecule has 0 spiro atoms. The van der Waals surface area contributed by atoms with Crippen LogP contribution in [0.1, 0.15) is 20.3 Å². The third-order valence-corrected chi connectivity index (χ3v) is 4.33. The van der Waals surface area contributed by atoms with Gasteiger partial charge in [-0.2, -0.15) is 0 Å². The van der Waals surface area contributed by atoms with Gasteiger partial charge in [-0.25, -0.2) is 13.1 Å². The van der Waals surface area contributed by atoms with Crippen LogP contribution in [-0.4, -0.2) is 31.6 Å². The summed E-state index contributed by atoms with van der Waals surface area (Å²) >= 11 is 0. The van der Waals surface area contributed by atoms with Crippen LogP contribution in [0, 0.1) is 15.5 Å². The normalized spacial score (nSPS) is 12.3. The molecule has 0 atom stereocenters. The summed E-state index contributed by atoms with van der Waals surface area (Å²) in [5.41, 5.74) is -0.897. The van der Waals surface area contributed by atoms with Gasteiger partial charge in [-0.3, -0.25) is 10.1 Å². The molecule has 8 heteroatoms. The van der Waals surface area contributed by atoms with Crippen molar-refractivity contribution < 1.29 is 18.4 Å². The van der Waals surface area contributed by atoms with Crippen molar-refractivity contribution in [2.24, 2.45) is 5.41 Å². The van der Waals surface area contributed by atoms with Gasteiger partial charge >= 0.3 is 0 Å². The Morgan fingerprint density at radius 3 is 2.50 bits per heavy atom. The molecule has 112 valence electrons. The molecular formula is C12H18N2O5S. The van der Waals surface area contributed by atoms with E-state index in [0.29, 0.717) is 6.42 Å². The highest BCUT2D eigenvalue weighted by molar-refractivity contribution is 7.89. The van der Waals surface area contributed by atoms with Crippen LogP contribution in [0.15, 0.2) is 29.2 Å². The van der Waals surface area contributed by atoms with Gasteiger partial charge in [-0.1, -0.05) is 26.0 Å². The maximum absolute atomic E-state index is 12.1. The number of para-hydroxylation sites is 1. The van der Waals surface area contributed by atoms with E-state index in [0.717, 1.165) is 6.07 Å². The predicted octanol–water partition coefficient (Wildman–Crippen LogP) is 1.28. The van der Waals surface area contributed by atoms with E-state index >= 15 is 0 Å². The van der Waals surface area contributed by atoms with Crippen molar-refractivity contribution in [1.82, 2.24) is 4.72 Å². The molecule has 0 fully saturated rings. The summed E-state index contributed by atoms with van der Waals surface area (Å²) in [6.45, 7) is 3.62. The molecule has 0 radical (unpaired) electrons. The van der Waals surface area contributed by atoms with Crippen molar-refractivity contribution in [3.05, 3.63) is 34.4 Å². The maximum atomic E-state index is 12.1. The van der Waals surface area contributed by atoms with Crippen molar-refractivity contribution in [3.63, 3.8) is 0 Å². The smallest absolute Gasteiger partial charge is 0.289 e. The molecule has 2 N–H and O–H groups in total. The Hall–Kier alpha value is -1.51. The van der Waals surface area contributed by atoms with E-state index < -0.39 is 26.0 Å². The summed E-state index contributed by atoms with van der Waals surface area (Å²) in [6, 6.07) is 5.18. The van der Waals surface area contributed by atoms with Gasteiger partial charge in [0.1, 0.15) is 0 Å². The molecular weight excluding hydrogens is 284 g/mol. The van der Waals surface area contributed by atoms with Gasteiger partial charge < -0.3 is 5.11 Å². The molecule has 0 aliphatic heterocycles. The second-order valence-corrected chi connectivity index (χ2v) is 6.92. The fraction of sp³-hybridized carbons (Fsp3) is 0.500. The fourth-order valence-electron chi connectivity index (χ4n) is 1.59. The van der Waals surface area contributed by atoms with Crippen molar-refractivity contribution in [2.45, 2.75) is 25.2 Å². The summed E-state index contributed by atoms with van der Waals surface area (Å²) in [6.07, 6.45) is 0.423. The van der Waals surface area contributed by atoms with Crippen LogP contribution in [-0.2, 0) is 10.0 Å². The summed E-state index contributed by atoms with van der Waals surface area (Å²) in [5, 5.41) is 19.8. The predicted molar refractivity (Wildman–Crippen MR) is 73.8 cm³/mol. The highest BCUT2D eigenvalue weighted by Crippen LogP contribution is 2.24. The van der Waals surface area contributed by atoms with Gasteiger partial charge in [0.25, 0.3) is 5.69 Å². The molecule has 0 aliphatic carbocycles. The zero-order valence-corrected chi connectivity index (χ0v) is 12.2. The Morgan fingerprint density at radius 2 is 1.95 bits per heavy atom. The average Bonchev–Trinajstić information content (AvgIpc) is 2.37. The minimum absolute atomic E-state index is 0.0553. The van der Waals surface area contributed by atoms with Crippen molar-refractivity contribution in [3.8, 4) is 0 Å². The number of aliphatic hydroxyl groups excluding tert-OH is 1. The van der Waals surface area contributed by atoms with Crippen molar-refractivity contribution >= 4 is 15.7 Å². The Kier molecular flexibility index (Phi) is 5.21. The summed E-state index contributed by atoms with van der Waals surface area (Å²) in [5.74, 6) is 0. The molecule has 0 heterocycles. The topological polar surface area (TPSA) is 110 Å². The van der Waals surface area contributed by atoms with Crippen LogP contribution >= 0.6 is 0 Å². The fourth-order valence-corrected chi connectivity index (χ4v) is 3.01. The van der Waals surface area contributed by atoms with Gasteiger partial charge in [0, 0.05) is 19.2 Å². The zero-order chi connectivity index (χ0) is 15.4. The maximum Gasteiger partial charge on any atom is 0.289 e. The van der Waals surface area contributed by atoms with Crippen LogP contribution in [0.4, 0.5) is 5.69 Å². The lowest BCUT2D eigenvalue weighted by atomic mass is 9.90. The summed E-state index contributed by atoms with van der Waals surface area (Å²) < 4.78 is 26.6. The van der Waals surface area contributed by atoms with Gasteiger partial charge in [0.05, 0.1) is 4.92 Å². The Labute approximate surface area is 117 Å². The first kappa shape index (κ1) is 16.5. The first-order chi connectivity index (χ1) is 9.19. The van der Waals surface area contributed by atoms with Crippen LogP contribution in [0.25, 0.3) is 0 Å². The van der Waals surface area contributed by atoms with E-state index in [2.05, 4.69) is 4.72 Å². The van der Waals surface area contributed by atoms with E-state index in [9.17, 15) is 18.5 Å². The molecule has 1 aromatic rings. The molecule has 0 bridgehead atoms. The summed E-state index contributed by atoms with van der Waals surface area (Å²) in [4.78, 5) is 9.77. The molecule has 7 nitrogen and oxygen atoms in total. The van der Waals surface area contributed by atoms with Gasteiger partial charge in [-0.15, -0.1) is 0 Å². The highest BCUT2D eigenvalue weighted by atomic mass is 32.2. The first-order valence-corrected chi connectivity index (χ1v) is 7.52. The standard InChI is InChI=1S/C12H18N2O5S/c1-12(2,7-8-15)9-13-20(18,19)11-6-4-3-5-10(11)14(16)17/h3-6,13,15H,7-9H2,1-2H3. The first-order valence-electron chi connectivity index (χ1n) is 6.03. The van der Waals surface area contributed by atoms with E-state index in [-0.39, 0.29) is 18.0 Å². The van der Waals surface area contributed by atoms with Gasteiger partial charge in [0.2, 0.25) is 10.0 Å². The quantitative estimate of drug-likeness (QED) is 0.582. The lowest BCUT2D eigenvalue weighted by Crippen LogP contribution is -2.34. The molecule has 0 saturated carbocycles. The number of sulfonamides is 1. The molecule has 1 aromatic carbocycles. The van der Waals surface area contributed by atoms with E-state index in [4.69, 9.17) is 5.11 Å². The van der Waals surface area contributed by atoms with Crippen LogP contribution in [0.3, 0.4) is 0 Å². The number of benzene rings is 1. The average molecular weight is 302 g/mol. The third kappa shape index (κ3) is 4.26. The number of hydrogen-bond acceptors (Lipinski definition) is 5.